The molecule has 0 aliphatic rings. The van der Waals surface area contributed by atoms with Crippen molar-refractivity contribution in [3.05, 3.63) is 0 Å². The van der Waals surface area contributed by atoms with E-state index in [1.165, 1.54) is 0 Å². The van der Waals surface area contributed by atoms with Crippen molar-refractivity contribution in [1.82, 2.24) is 0 Å². The molecule has 7 heteroatoms. The number of hydrogen-bond acceptors (Lipinski definition) is 3. The lowest BCUT2D eigenvalue weighted by Crippen LogP contribution is -2.07. The molecule has 0 saturated carbocycles. The summed E-state index contributed by atoms with van der Waals surface area (Å²) in [4.78, 5) is 0. The van der Waals surface area contributed by atoms with Crippen molar-refractivity contribution in [2.45, 2.75) is 21.7 Å². The van der Waals surface area contributed by atoms with E-state index in [0.29, 0.717) is 5.88 Å². The fourth-order valence-electron chi connectivity index (χ4n) is 0.792. The Morgan fingerprint density at radius 1 is 0.938 bits per heavy atom. The van der Waals surface area contributed by atoms with Crippen molar-refractivity contribution in [3.63, 3.8) is 0 Å². The smallest absolute Gasteiger partial charge is 0.0894 e. The zero-order chi connectivity index (χ0) is 12.4. The van der Waals surface area contributed by atoms with Crippen LogP contribution in [-0.4, -0.2) is 43.7 Å². The molecule has 16 heavy (non-hydrogen) atoms. The third-order valence-electron chi connectivity index (χ3n) is 1.36. The summed E-state index contributed by atoms with van der Waals surface area (Å²) < 4.78 is 0.115. The largest absolute Gasteiger partial charge is 0.158 e. The summed E-state index contributed by atoms with van der Waals surface area (Å²) >= 11 is 28.8. The van der Waals surface area contributed by atoms with Crippen LogP contribution < -0.4 is 0 Å². The second kappa shape index (κ2) is 12.3. The van der Waals surface area contributed by atoms with Gasteiger partial charge in [0.1, 0.15) is 0 Å². The van der Waals surface area contributed by atoms with Crippen LogP contribution in [0.5, 0.6) is 0 Å². The predicted molar refractivity (Wildman–Crippen MR) is 87.6 cm³/mol. The van der Waals surface area contributed by atoms with E-state index in [2.05, 4.69) is 0 Å². The lowest BCUT2D eigenvalue weighted by Gasteiger charge is -2.13. The molecule has 0 radical (unpaired) electrons. The second-order valence-electron chi connectivity index (χ2n) is 3.04. The van der Waals surface area contributed by atoms with Gasteiger partial charge >= 0.3 is 0 Å². The molecule has 0 aromatic heterocycles. The first-order valence-electron chi connectivity index (χ1n) is 4.85. The van der Waals surface area contributed by atoms with Crippen molar-refractivity contribution < 1.29 is 0 Å². The number of alkyl halides is 4. The molecule has 0 N–H and O–H groups in total. The van der Waals surface area contributed by atoms with Crippen molar-refractivity contribution in [2.75, 3.05) is 28.9 Å². The van der Waals surface area contributed by atoms with Gasteiger partial charge in [0.15, 0.2) is 0 Å². The van der Waals surface area contributed by atoms with E-state index in [1.807, 2.05) is 6.92 Å². The van der Waals surface area contributed by atoms with Crippen molar-refractivity contribution in [2.24, 2.45) is 0 Å². The minimum Gasteiger partial charge on any atom is -0.158 e. The quantitative estimate of drug-likeness (QED) is 0.388. The Labute approximate surface area is 131 Å². The number of hydrogen-bond donors (Lipinski definition) is 0. The lowest BCUT2D eigenvalue weighted by atomic mass is 10.6. The molecule has 0 aliphatic heterocycles. The zero-order valence-electron chi connectivity index (χ0n) is 9.00. The van der Waals surface area contributed by atoms with Gasteiger partial charge in [0.05, 0.1) is 9.42 Å². The molecule has 3 unspecified atom stereocenters. The van der Waals surface area contributed by atoms with Gasteiger partial charge in [-0.1, -0.05) is 0 Å². The fourth-order valence-corrected chi connectivity index (χ4v) is 5.46. The first-order chi connectivity index (χ1) is 7.56. The molecule has 0 heterocycles. The summed E-state index contributed by atoms with van der Waals surface area (Å²) in [6.45, 7) is 1.98. The zero-order valence-corrected chi connectivity index (χ0v) is 14.5. The monoisotopic (exact) mass is 360 g/mol. The van der Waals surface area contributed by atoms with Crippen LogP contribution in [-0.2, 0) is 0 Å². The van der Waals surface area contributed by atoms with Gasteiger partial charge in [-0.2, -0.15) is 23.5 Å². The topological polar surface area (TPSA) is 0 Å². The van der Waals surface area contributed by atoms with E-state index in [4.69, 9.17) is 46.4 Å². The summed E-state index contributed by atoms with van der Waals surface area (Å²) in [6, 6.07) is 0. The first kappa shape index (κ1) is 18.2. The van der Waals surface area contributed by atoms with Crippen molar-refractivity contribution in [1.29, 1.82) is 0 Å². The summed E-state index contributed by atoms with van der Waals surface area (Å²) in [5.41, 5.74) is 0. The van der Waals surface area contributed by atoms with E-state index in [0.717, 1.165) is 23.0 Å². The minimum atomic E-state index is 0.0551. The van der Waals surface area contributed by atoms with Gasteiger partial charge in [-0.25, -0.2) is 0 Å². The Hall–Kier alpha value is 2.21. The van der Waals surface area contributed by atoms with Crippen molar-refractivity contribution >= 4 is 81.7 Å². The summed E-state index contributed by atoms with van der Waals surface area (Å²) in [5, 5.41) is 0.199. The molecule has 0 amide bonds. The van der Waals surface area contributed by atoms with E-state index < -0.39 is 0 Å². The number of thioether (sulfide) groups is 3. The molecule has 0 nitrogen and oxygen atoms in total. The molecule has 98 valence electrons. The van der Waals surface area contributed by atoms with Crippen LogP contribution in [0.25, 0.3) is 0 Å². The van der Waals surface area contributed by atoms with Gasteiger partial charge in [0.25, 0.3) is 0 Å². The van der Waals surface area contributed by atoms with E-state index in [1.54, 1.807) is 35.3 Å². The van der Waals surface area contributed by atoms with Crippen LogP contribution >= 0.6 is 81.7 Å². The first-order valence-corrected chi connectivity index (χ1v) is 9.95. The fraction of sp³-hybridized carbons (Fsp3) is 1.00. The van der Waals surface area contributed by atoms with Crippen molar-refractivity contribution in [3.8, 4) is 0 Å². The third kappa shape index (κ3) is 12.7. The normalized spacial score (nSPS) is 17.1. The SMILES string of the molecule is CC(Cl)CSCC(Cl)SC(Cl)CSCCCl. The standard InChI is InChI=1S/C9H16Cl4S3/c1-7(11)4-15-6-9(13)16-8(12)5-14-3-2-10/h7-9H,2-6H2,1H3. The number of halogens is 4. The molecule has 0 fully saturated rings. The van der Waals surface area contributed by atoms with Crippen LogP contribution in [0.3, 0.4) is 0 Å². The molecule has 0 aromatic rings. The highest BCUT2D eigenvalue weighted by Crippen LogP contribution is 2.29. The second-order valence-corrected chi connectivity index (χ2v) is 9.37. The van der Waals surface area contributed by atoms with Gasteiger partial charge in [-0.15, -0.1) is 58.2 Å². The summed E-state index contributed by atoms with van der Waals surface area (Å²) in [6.07, 6.45) is 0. The Bertz CT molecular complexity index is 160. The molecule has 0 aromatic carbocycles. The maximum atomic E-state index is 6.15. The van der Waals surface area contributed by atoms with Crippen LogP contribution in [0.15, 0.2) is 0 Å². The maximum absolute atomic E-state index is 6.15. The van der Waals surface area contributed by atoms with Gasteiger partial charge in [0, 0.05) is 34.3 Å². The Morgan fingerprint density at radius 3 is 2.00 bits per heavy atom. The van der Waals surface area contributed by atoms with Crippen LogP contribution in [0.2, 0.25) is 0 Å². The molecule has 0 aliphatic carbocycles. The van der Waals surface area contributed by atoms with Gasteiger partial charge in [0.2, 0.25) is 0 Å². The molecule has 0 spiro atoms. The molecule has 3 atom stereocenters. The highest BCUT2D eigenvalue weighted by Gasteiger charge is 2.13. The molecular formula is C9H16Cl4S3. The average Bonchev–Trinajstić information content (AvgIpc) is 2.17. The summed E-state index contributed by atoms with van der Waals surface area (Å²) in [7, 11) is 0. The third-order valence-corrected chi connectivity index (χ3v) is 7.12. The van der Waals surface area contributed by atoms with E-state index >= 15 is 0 Å². The van der Waals surface area contributed by atoms with Gasteiger partial charge < -0.3 is 0 Å². The molecule has 0 bridgehead atoms. The molecule has 0 saturated heterocycles. The maximum Gasteiger partial charge on any atom is 0.0894 e. The van der Waals surface area contributed by atoms with Crippen LogP contribution in [0, 0.1) is 0 Å². The molecular weight excluding hydrogens is 346 g/mol. The highest BCUT2D eigenvalue weighted by molar-refractivity contribution is 8.06. The van der Waals surface area contributed by atoms with Gasteiger partial charge in [-0.05, 0) is 6.92 Å². The minimum absolute atomic E-state index is 0.0551. The Morgan fingerprint density at radius 2 is 1.50 bits per heavy atom. The van der Waals surface area contributed by atoms with Crippen LogP contribution in [0.4, 0.5) is 0 Å². The lowest BCUT2D eigenvalue weighted by molar-refractivity contribution is 1.11. The average molecular weight is 362 g/mol. The number of rotatable bonds is 10. The molecule has 0 rings (SSSR count). The summed E-state index contributed by atoms with van der Waals surface area (Å²) in [5.74, 6) is 4.31. The van der Waals surface area contributed by atoms with Gasteiger partial charge in [-0.3, -0.25) is 0 Å². The Kier molecular flexibility index (Phi) is 13.9. The predicted octanol–water partition coefficient (Wildman–Crippen LogP) is 5.18. The van der Waals surface area contributed by atoms with E-state index in [-0.39, 0.29) is 14.8 Å². The Balaban J connectivity index is 3.42. The highest BCUT2D eigenvalue weighted by atomic mass is 35.5. The van der Waals surface area contributed by atoms with E-state index in [9.17, 15) is 0 Å². The van der Waals surface area contributed by atoms with Crippen LogP contribution in [0.1, 0.15) is 6.92 Å².